The molecule has 7 nitrogen and oxygen atoms in total. The molecular formula is C35H42Cl5N3O4. The number of alkyl halides is 4. The standard InChI is InChI=1S/C14H12ClNO2.C12H11NO.C6H15N.C2H2Cl2O.CH2Cl2/c15-10-14(17)16-11-6-8-13(9-7-11)18-12-4-2-1-3-5-12;13-10-6-8-12(9-7-10)14-11-4-2-1-3-5-11;1-4-7(5-2)6-3;3-1-2(4)5;2-1-3/h1-9H,10H2,(H,16,17);1-9H,13H2;4-6H2,1-3H3;1H2;1H2. The van der Waals surface area contributed by atoms with Crippen molar-refractivity contribution in [2.75, 3.05) is 47.8 Å². The van der Waals surface area contributed by atoms with Gasteiger partial charge in [0.1, 0.15) is 28.9 Å². The van der Waals surface area contributed by atoms with Gasteiger partial charge in [0.05, 0.1) is 11.2 Å². The number of anilines is 2. The zero-order valence-electron chi connectivity index (χ0n) is 26.7. The first-order chi connectivity index (χ1) is 22.6. The molecule has 47 heavy (non-hydrogen) atoms. The summed E-state index contributed by atoms with van der Waals surface area (Å²) in [4.78, 5) is 22.9. The van der Waals surface area contributed by atoms with Crippen LogP contribution in [0, 0.1) is 0 Å². The lowest BCUT2D eigenvalue weighted by Crippen LogP contribution is -2.21. The minimum Gasteiger partial charge on any atom is -0.457 e. The molecule has 12 heteroatoms. The Kier molecular flexibility index (Phi) is 27.0. The SMILES string of the molecule is CCN(CC)CC.ClCCl.Nc1ccc(Oc2ccccc2)cc1.O=C(CCl)Nc1ccc(Oc2ccccc2)cc1.O=C(Cl)CCl. The van der Waals surface area contributed by atoms with E-state index in [1.54, 1.807) is 24.3 Å². The molecule has 256 valence electrons. The number of benzene rings is 4. The van der Waals surface area contributed by atoms with E-state index < -0.39 is 5.24 Å². The van der Waals surface area contributed by atoms with Gasteiger partial charge in [-0.15, -0.1) is 46.4 Å². The van der Waals surface area contributed by atoms with Crippen LogP contribution in [0.3, 0.4) is 0 Å². The van der Waals surface area contributed by atoms with Gasteiger partial charge in [-0.2, -0.15) is 0 Å². The van der Waals surface area contributed by atoms with Gasteiger partial charge in [-0.3, -0.25) is 9.59 Å². The minimum atomic E-state index is -0.508. The molecule has 0 spiro atoms. The molecule has 0 saturated heterocycles. The quantitative estimate of drug-likeness (QED) is 0.0954. The molecule has 0 unspecified atom stereocenters. The van der Waals surface area contributed by atoms with Gasteiger partial charge in [0, 0.05) is 11.4 Å². The number of rotatable bonds is 10. The van der Waals surface area contributed by atoms with E-state index in [1.807, 2.05) is 84.9 Å². The van der Waals surface area contributed by atoms with Gasteiger partial charge in [-0.1, -0.05) is 57.2 Å². The van der Waals surface area contributed by atoms with Crippen molar-refractivity contribution in [3.8, 4) is 23.0 Å². The van der Waals surface area contributed by atoms with Crippen molar-refractivity contribution >= 4 is 80.5 Å². The lowest BCUT2D eigenvalue weighted by Gasteiger charge is -2.13. The van der Waals surface area contributed by atoms with Gasteiger partial charge in [0.25, 0.3) is 0 Å². The molecule has 0 aromatic heterocycles. The number of amides is 1. The van der Waals surface area contributed by atoms with Crippen LogP contribution in [0.1, 0.15) is 20.8 Å². The molecule has 0 fully saturated rings. The topological polar surface area (TPSA) is 93.9 Å². The number of carbonyl (C=O) groups is 2. The Hall–Kier alpha value is -3.17. The van der Waals surface area contributed by atoms with Crippen LogP contribution in [0.15, 0.2) is 109 Å². The maximum absolute atomic E-state index is 11.1. The van der Waals surface area contributed by atoms with Crippen molar-refractivity contribution in [3.05, 3.63) is 109 Å². The van der Waals surface area contributed by atoms with Gasteiger partial charge in [-0.05, 0) is 104 Å². The Morgan fingerprint density at radius 3 is 1.26 bits per heavy atom. The maximum Gasteiger partial charge on any atom is 0.239 e. The van der Waals surface area contributed by atoms with E-state index in [2.05, 4.69) is 31.0 Å². The summed E-state index contributed by atoms with van der Waals surface area (Å²) in [6, 6.07) is 33.6. The molecule has 0 bridgehead atoms. The smallest absolute Gasteiger partial charge is 0.239 e. The van der Waals surface area contributed by atoms with Gasteiger partial charge < -0.3 is 25.4 Å². The van der Waals surface area contributed by atoms with Gasteiger partial charge in [-0.25, -0.2) is 0 Å². The van der Waals surface area contributed by atoms with Gasteiger partial charge in [0.2, 0.25) is 11.1 Å². The molecule has 4 rings (SSSR count). The van der Waals surface area contributed by atoms with E-state index in [-0.39, 0.29) is 23.0 Å². The molecule has 0 aliphatic rings. The molecule has 4 aromatic rings. The highest BCUT2D eigenvalue weighted by Crippen LogP contribution is 2.23. The fourth-order valence-electron chi connectivity index (χ4n) is 3.26. The molecule has 3 N–H and O–H groups in total. The average Bonchev–Trinajstić information content (AvgIpc) is 3.09. The number of nitrogens with two attached hydrogens (primary N) is 1. The van der Waals surface area contributed by atoms with Gasteiger partial charge in [0.15, 0.2) is 0 Å². The summed E-state index contributed by atoms with van der Waals surface area (Å²) in [6.45, 7) is 10.1. The lowest BCUT2D eigenvalue weighted by molar-refractivity contribution is -0.114. The number of nitrogen functional groups attached to an aromatic ring is 1. The second-order valence-electron chi connectivity index (χ2n) is 8.81. The van der Waals surface area contributed by atoms with Crippen molar-refractivity contribution < 1.29 is 19.1 Å². The fraction of sp³-hybridized carbons (Fsp3) is 0.257. The van der Waals surface area contributed by atoms with Crippen molar-refractivity contribution in [1.82, 2.24) is 4.90 Å². The molecule has 0 aliphatic carbocycles. The highest BCUT2D eigenvalue weighted by Gasteiger charge is 2.01. The third-order valence-electron chi connectivity index (χ3n) is 5.54. The second-order valence-corrected chi connectivity index (χ2v) is 10.6. The van der Waals surface area contributed by atoms with Crippen molar-refractivity contribution in [2.24, 2.45) is 0 Å². The summed E-state index contributed by atoms with van der Waals surface area (Å²) in [5.41, 5.74) is 7.00. The summed E-state index contributed by atoms with van der Waals surface area (Å²) in [5.74, 6) is 2.74. The van der Waals surface area contributed by atoms with Crippen LogP contribution >= 0.6 is 58.0 Å². The highest BCUT2D eigenvalue weighted by atomic mass is 35.5. The normalized spacial score (nSPS) is 9.38. The molecule has 0 aliphatic heterocycles. The van der Waals surface area contributed by atoms with Crippen LogP contribution in [-0.2, 0) is 9.59 Å². The Morgan fingerprint density at radius 2 is 0.957 bits per heavy atom. The fourth-order valence-corrected chi connectivity index (χ4v) is 3.32. The van der Waals surface area contributed by atoms with Crippen LogP contribution in [0.25, 0.3) is 0 Å². The van der Waals surface area contributed by atoms with E-state index in [0.29, 0.717) is 11.4 Å². The van der Waals surface area contributed by atoms with Crippen LogP contribution in [-0.4, -0.2) is 52.8 Å². The number of carbonyl (C=O) groups excluding carboxylic acids is 2. The first kappa shape index (κ1) is 43.8. The van der Waals surface area contributed by atoms with E-state index in [1.165, 1.54) is 19.6 Å². The molecule has 4 aromatic carbocycles. The Labute approximate surface area is 303 Å². The largest absolute Gasteiger partial charge is 0.457 e. The first-order valence-electron chi connectivity index (χ1n) is 14.5. The van der Waals surface area contributed by atoms with E-state index >= 15 is 0 Å². The number of hydrogen-bond donors (Lipinski definition) is 2. The lowest BCUT2D eigenvalue weighted by atomic mass is 10.3. The van der Waals surface area contributed by atoms with E-state index in [9.17, 15) is 9.59 Å². The zero-order valence-corrected chi connectivity index (χ0v) is 30.5. The predicted molar refractivity (Wildman–Crippen MR) is 201 cm³/mol. The van der Waals surface area contributed by atoms with Crippen LogP contribution in [0.4, 0.5) is 11.4 Å². The number of halogens is 5. The first-order valence-corrected chi connectivity index (χ1v) is 17.0. The molecule has 1 amide bonds. The van der Waals surface area contributed by atoms with Crippen molar-refractivity contribution in [3.63, 3.8) is 0 Å². The number of para-hydroxylation sites is 2. The third-order valence-corrected chi connectivity index (χ3v) is 6.30. The van der Waals surface area contributed by atoms with E-state index in [0.717, 1.165) is 22.9 Å². The van der Waals surface area contributed by atoms with Crippen molar-refractivity contribution in [2.45, 2.75) is 20.8 Å². The molecule has 0 saturated carbocycles. The number of hydrogen-bond acceptors (Lipinski definition) is 6. The summed E-state index contributed by atoms with van der Waals surface area (Å²) in [7, 11) is 0. The molecule has 0 radical (unpaired) electrons. The van der Waals surface area contributed by atoms with Crippen LogP contribution < -0.4 is 20.5 Å². The van der Waals surface area contributed by atoms with Crippen LogP contribution in [0.2, 0.25) is 0 Å². The minimum absolute atomic E-state index is 0.0533. The maximum atomic E-state index is 11.1. The average molecular weight is 746 g/mol. The Bertz CT molecular complexity index is 1330. The number of ether oxygens (including phenoxy) is 2. The van der Waals surface area contributed by atoms with Crippen LogP contribution in [0.5, 0.6) is 23.0 Å². The van der Waals surface area contributed by atoms with Gasteiger partial charge >= 0.3 is 0 Å². The highest BCUT2D eigenvalue weighted by molar-refractivity contribution is 6.67. The third kappa shape index (κ3) is 23.8. The zero-order chi connectivity index (χ0) is 35.3. The molecule has 0 atom stereocenters. The summed E-state index contributed by atoms with van der Waals surface area (Å²) < 4.78 is 11.2. The summed E-state index contributed by atoms with van der Waals surface area (Å²) >= 11 is 24.5. The summed E-state index contributed by atoms with van der Waals surface area (Å²) in [5, 5.41) is 2.34. The number of nitrogens with zero attached hydrogens (tertiary/aromatic N) is 1. The molecular weight excluding hydrogens is 704 g/mol. The Morgan fingerprint density at radius 1 is 0.617 bits per heavy atom. The number of nitrogens with one attached hydrogen (secondary N) is 1. The predicted octanol–water partition coefficient (Wildman–Crippen LogP) is 10.5. The van der Waals surface area contributed by atoms with E-state index in [4.69, 9.17) is 73.2 Å². The summed E-state index contributed by atoms with van der Waals surface area (Å²) in [6.07, 6.45) is 0. The second kappa shape index (κ2) is 29.0. The Balaban J connectivity index is 0.000000644. The molecule has 0 heterocycles. The van der Waals surface area contributed by atoms with Crippen molar-refractivity contribution in [1.29, 1.82) is 0 Å². The monoisotopic (exact) mass is 743 g/mol.